The van der Waals surface area contributed by atoms with Gasteiger partial charge in [0.25, 0.3) is 0 Å². The van der Waals surface area contributed by atoms with E-state index in [0.717, 1.165) is 16.3 Å². The number of fused-ring (bicyclic) bond motifs is 3. The maximum atomic E-state index is 13.5. The van der Waals surface area contributed by atoms with Crippen molar-refractivity contribution >= 4 is 33.5 Å². The van der Waals surface area contributed by atoms with E-state index >= 15 is 0 Å². The van der Waals surface area contributed by atoms with Crippen molar-refractivity contribution in [3.05, 3.63) is 53.8 Å². The summed E-state index contributed by atoms with van der Waals surface area (Å²) in [4.78, 5) is 15.4. The van der Waals surface area contributed by atoms with Gasteiger partial charge in [0.05, 0.1) is 11.2 Å². The molecule has 0 fully saturated rings. The highest BCUT2D eigenvalue weighted by Crippen LogP contribution is 2.30. The lowest BCUT2D eigenvalue weighted by atomic mass is 10.1. The molecule has 0 radical (unpaired) electrons. The van der Waals surface area contributed by atoms with E-state index in [4.69, 9.17) is 11.6 Å². The second kappa shape index (κ2) is 4.49. The lowest BCUT2D eigenvalue weighted by Gasteiger charge is -2.03. The molecule has 4 nitrogen and oxygen atoms in total. The van der Waals surface area contributed by atoms with Crippen LogP contribution in [0.15, 0.2) is 42.9 Å². The number of nitrogens with zero attached hydrogens (tertiary/aromatic N) is 3. The van der Waals surface area contributed by atoms with Gasteiger partial charge in [0.2, 0.25) is 5.95 Å². The molecule has 0 spiro atoms. The van der Waals surface area contributed by atoms with Gasteiger partial charge in [-0.2, -0.15) is 4.39 Å². The largest absolute Gasteiger partial charge is 0.339 e. The van der Waals surface area contributed by atoms with E-state index in [0.29, 0.717) is 16.9 Å². The first-order valence-electron chi connectivity index (χ1n) is 6.27. The third kappa shape index (κ3) is 1.86. The summed E-state index contributed by atoms with van der Waals surface area (Å²) in [7, 11) is 0. The molecule has 0 aromatic carbocycles. The van der Waals surface area contributed by atoms with Gasteiger partial charge in [-0.1, -0.05) is 11.6 Å². The van der Waals surface area contributed by atoms with Crippen LogP contribution in [0, 0.1) is 5.95 Å². The highest BCUT2D eigenvalue weighted by molar-refractivity contribution is 6.33. The quantitative estimate of drug-likeness (QED) is 0.541. The Morgan fingerprint density at radius 2 is 1.95 bits per heavy atom. The minimum Gasteiger partial charge on any atom is -0.339 e. The van der Waals surface area contributed by atoms with Gasteiger partial charge in [0, 0.05) is 34.9 Å². The lowest BCUT2D eigenvalue weighted by Crippen LogP contribution is -1.90. The van der Waals surface area contributed by atoms with Crippen molar-refractivity contribution in [3.63, 3.8) is 0 Å². The zero-order valence-electron chi connectivity index (χ0n) is 10.6. The van der Waals surface area contributed by atoms with Crippen molar-refractivity contribution in [1.82, 2.24) is 19.9 Å². The van der Waals surface area contributed by atoms with Gasteiger partial charge in [-0.05, 0) is 24.3 Å². The molecule has 0 saturated carbocycles. The first-order valence-corrected chi connectivity index (χ1v) is 6.64. The second-order valence-electron chi connectivity index (χ2n) is 4.60. The van der Waals surface area contributed by atoms with Crippen molar-refractivity contribution < 1.29 is 4.39 Å². The van der Waals surface area contributed by atoms with Crippen LogP contribution in [-0.4, -0.2) is 19.9 Å². The Bertz CT molecular complexity index is 980. The number of hydrogen-bond donors (Lipinski definition) is 1. The van der Waals surface area contributed by atoms with E-state index < -0.39 is 5.95 Å². The average Bonchev–Trinajstić information content (AvgIpc) is 2.87. The van der Waals surface area contributed by atoms with E-state index in [2.05, 4.69) is 19.9 Å². The molecule has 0 atom stereocenters. The summed E-state index contributed by atoms with van der Waals surface area (Å²) >= 11 is 5.96. The van der Waals surface area contributed by atoms with Crippen LogP contribution in [-0.2, 0) is 0 Å². The summed E-state index contributed by atoms with van der Waals surface area (Å²) in [5.41, 5.74) is 2.77. The van der Waals surface area contributed by atoms with Crippen molar-refractivity contribution in [3.8, 4) is 11.3 Å². The number of halogens is 2. The van der Waals surface area contributed by atoms with Crippen molar-refractivity contribution in [2.24, 2.45) is 0 Å². The molecule has 0 unspecified atom stereocenters. The number of nitrogens with one attached hydrogen (secondary N) is 1. The van der Waals surface area contributed by atoms with Crippen LogP contribution in [0.5, 0.6) is 0 Å². The molecule has 4 aromatic heterocycles. The number of pyridine rings is 3. The zero-order valence-corrected chi connectivity index (χ0v) is 11.4. The molecule has 0 saturated heterocycles. The van der Waals surface area contributed by atoms with Crippen LogP contribution in [0.4, 0.5) is 4.39 Å². The normalized spacial score (nSPS) is 11.3. The average molecular weight is 299 g/mol. The number of aromatic amines is 1. The molecular weight excluding hydrogens is 291 g/mol. The maximum Gasteiger partial charge on any atom is 0.232 e. The van der Waals surface area contributed by atoms with E-state index in [1.165, 1.54) is 6.20 Å². The van der Waals surface area contributed by atoms with Crippen LogP contribution in [0.2, 0.25) is 5.02 Å². The van der Waals surface area contributed by atoms with Crippen LogP contribution in [0.1, 0.15) is 0 Å². The summed E-state index contributed by atoms with van der Waals surface area (Å²) in [5.74, 6) is -0.697. The Morgan fingerprint density at radius 3 is 2.86 bits per heavy atom. The van der Waals surface area contributed by atoms with Gasteiger partial charge < -0.3 is 4.98 Å². The summed E-state index contributed by atoms with van der Waals surface area (Å²) < 4.78 is 13.5. The maximum absolute atomic E-state index is 13.5. The lowest BCUT2D eigenvalue weighted by molar-refractivity contribution is 0.585. The molecule has 4 rings (SSSR count). The van der Waals surface area contributed by atoms with E-state index in [1.54, 1.807) is 18.5 Å². The fraction of sp³-hybridized carbons (Fsp3) is 0. The van der Waals surface area contributed by atoms with Gasteiger partial charge in [-0.25, -0.2) is 9.97 Å². The molecule has 6 heteroatoms. The Kier molecular flexibility index (Phi) is 2.62. The smallest absolute Gasteiger partial charge is 0.232 e. The summed E-state index contributed by atoms with van der Waals surface area (Å²) in [6, 6.07) is 7.26. The molecule has 102 valence electrons. The molecule has 0 amide bonds. The summed E-state index contributed by atoms with van der Waals surface area (Å²) in [6.45, 7) is 0. The Labute approximate surface area is 123 Å². The fourth-order valence-electron chi connectivity index (χ4n) is 2.38. The molecular formula is C15H8ClFN4. The van der Waals surface area contributed by atoms with Crippen molar-refractivity contribution in [2.45, 2.75) is 0 Å². The minimum absolute atomic E-state index is 0.0258. The molecule has 4 heterocycles. The summed E-state index contributed by atoms with van der Waals surface area (Å²) in [6.07, 6.45) is 4.87. The van der Waals surface area contributed by atoms with Gasteiger partial charge in [0.15, 0.2) is 0 Å². The first kappa shape index (κ1) is 12.2. The second-order valence-corrected chi connectivity index (χ2v) is 4.98. The molecule has 0 aliphatic rings. The van der Waals surface area contributed by atoms with Gasteiger partial charge in [-0.15, -0.1) is 0 Å². The predicted octanol–water partition coefficient (Wildman–Crippen LogP) is 3.97. The Hall–Kier alpha value is -2.53. The van der Waals surface area contributed by atoms with Gasteiger partial charge in [-0.3, -0.25) is 4.98 Å². The van der Waals surface area contributed by atoms with Gasteiger partial charge >= 0.3 is 0 Å². The number of hydrogen-bond acceptors (Lipinski definition) is 3. The number of aromatic nitrogens is 4. The van der Waals surface area contributed by atoms with Crippen LogP contribution >= 0.6 is 11.6 Å². The Balaban J connectivity index is 1.99. The van der Waals surface area contributed by atoms with E-state index in [1.807, 2.05) is 18.2 Å². The number of rotatable bonds is 1. The monoisotopic (exact) mass is 298 g/mol. The highest BCUT2D eigenvalue weighted by Gasteiger charge is 2.12. The van der Waals surface area contributed by atoms with Crippen LogP contribution < -0.4 is 0 Å². The van der Waals surface area contributed by atoms with Gasteiger partial charge in [0.1, 0.15) is 10.7 Å². The highest BCUT2D eigenvalue weighted by atomic mass is 35.5. The van der Waals surface area contributed by atoms with E-state index in [9.17, 15) is 4.39 Å². The SMILES string of the molecule is Fc1nccc(-c2ccc3c(n2)[nH]c2ccncc23)c1Cl. The standard InChI is InChI=1S/C15H8ClFN4/c16-13-9(3-6-19-14(13)17)11-2-1-8-10-7-18-5-4-12(10)21-15(8)20-11/h1-7H,(H,20,21). The predicted molar refractivity (Wildman–Crippen MR) is 79.6 cm³/mol. The molecule has 0 aliphatic heterocycles. The topological polar surface area (TPSA) is 54.5 Å². The zero-order chi connectivity index (χ0) is 14.4. The third-order valence-electron chi connectivity index (χ3n) is 3.38. The van der Waals surface area contributed by atoms with Crippen LogP contribution in [0.25, 0.3) is 33.2 Å². The van der Waals surface area contributed by atoms with Crippen LogP contribution in [0.3, 0.4) is 0 Å². The molecule has 21 heavy (non-hydrogen) atoms. The number of H-pyrrole nitrogens is 1. The first-order chi connectivity index (χ1) is 10.2. The van der Waals surface area contributed by atoms with E-state index in [-0.39, 0.29) is 5.02 Å². The molecule has 1 N–H and O–H groups in total. The minimum atomic E-state index is -0.697. The Morgan fingerprint density at radius 1 is 1.05 bits per heavy atom. The summed E-state index contributed by atoms with van der Waals surface area (Å²) in [5, 5.41) is 1.94. The fourth-order valence-corrected chi connectivity index (χ4v) is 2.59. The third-order valence-corrected chi connectivity index (χ3v) is 3.74. The molecule has 0 aliphatic carbocycles. The van der Waals surface area contributed by atoms with Crippen molar-refractivity contribution in [2.75, 3.05) is 0 Å². The molecule has 0 bridgehead atoms. The van der Waals surface area contributed by atoms with Crippen molar-refractivity contribution in [1.29, 1.82) is 0 Å². The molecule has 4 aromatic rings.